The average Bonchev–Trinajstić information content (AvgIpc) is 3.26. The summed E-state index contributed by atoms with van der Waals surface area (Å²) < 4.78 is 10.9. The summed E-state index contributed by atoms with van der Waals surface area (Å²) >= 11 is 0. The van der Waals surface area contributed by atoms with E-state index in [4.69, 9.17) is 9.05 Å². The number of likely N-dealkylation sites (tertiary alicyclic amines) is 1. The number of piperidine rings is 1. The quantitative estimate of drug-likeness (QED) is 0.720. The monoisotopic (exact) mass is 339 g/mol. The Hall–Kier alpha value is -2.54. The van der Waals surface area contributed by atoms with Crippen LogP contribution in [0.3, 0.4) is 0 Å². The van der Waals surface area contributed by atoms with Gasteiger partial charge >= 0.3 is 0 Å². The second-order valence-corrected chi connectivity index (χ2v) is 6.48. The summed E-state index contributed by atoms with van der Waals surface area (Å²) in [7, 11) is 0. The maximum absolute atomic E-state index is 5.61. The van der Waals surface area contributed by atoms with Gasteiger partial charge in [0.2, 0.25) is 11.7 Å². The molecule has 1 fully saturated rings. The summed E-state index contributed by atoms with van der Waals surface area (Å²) in [5, 5.41) is 8.22. The lowest BCUT2D eigenvalue weighted by atomic mass is 10.0. The van der Waals surface area contributed by atoms with Crippen LogP contribution in [0.25, 0.3) is 11.4 Å². The molecule has 7 nitrogen and oxygen atoms in total. The van der Waals surface area contributed by atoms with Gasteiger partial charge in [0.15, 0.2) is 0 Å². The smallest absolute Gasteiger partial charge is 0.244 e. The minimum atomic E-state index is 0.130. The van der Waals surface area contributed by atoms with Gasteiger partial charge in [0, 0.05) is 30.1 Å². The van der Waals surface area contributed by atoms with E-state index in [1.54, 1.807) is 12.4 Å². The van der Waals surface area contributed by atoms with E-state index in [0.717, 1.165) is 48.5 Å². The van der Waals surface area contributed by atoms with Crippen molar-refractivity contribution in [2.45, 2.75) is 45.7 Å². The van der Waals surface area contributed by atoms with Crippen LogP contribution in [0.4, 0.5) is 0 Å². The Bertz CT molecular complexity index is 823. The Morgan fingerprint density at radius 2 is 1.96 bits per heavy atom. The Balaban J connectivity index is 1.58. The van der Waals surface area contributed by atoms with E-state index in [0.29, 0.717) is 11.7 Å². The van der Waals surface area contributed by atoms with Crippen molar-refractivity contribution >= 4 is 0 Å². The summed E-state index contributed by atoms with van der Waals surface area (Å²) in [5.74, 6) is 2.17. The molecule has 0 radical (unpaired) electrons. The van der Waals surface area contributed by atoms with Crippen molar-refractivity contribution in [3.05, 3.63) is 47.4 Å². The minimum absolute atomic E-state index is 0.130. The van der Waals surface area contributed by atoms with Crippen LogP contribution in [0.5, 0.6) is 0 Å². The van der Waals surface area contributed by atoms with Gasteiger partial charge in [-0.2, -0.15) is 4.98 Å². The first-order valence-electron chi connectivity index (χ1n) is 8.62. The van der Waals surface area contributed by atoms with Crippen LogP contribution in [0, 0.1) is 13.8 Å². The number of pyridine rings is 1. The third kappa shape index (κ3) is 3.19. The van der Waals surface area contributed by atoms with Gasteiger partial charge < -0.3 is 9.05 Å². The average molecular weight is 339 g/mol. The fourth-order valence-electron chi connectivity index (χ4n) is 3.38. The van der Waals surface area contributed by atoms with Crippen LogP contribution < -0.4 is 0 Å². The first-order chi connectivity index (χ1) is 12.2. The zero-order chi connectivity index (χ0) is 17.2. The third-order valence-corrected chi connectivity index (χ3v) is 4.82. The molecule has 1 aliphatic rings. The van der Waals surface area contributed by atoms with Crippen molar-refractivity contribution in [2.75, 3.05) is 6.54 Å². The molecule has 3 aromatic rings. The lowest BCUT2D eigenvalue weighted by Gasteiger charge is -2.33. The predicted octanol–water partition coefficient (Wildman–Crippen LogP) is 3.46. The summed E-state index contributed by atoms with van der Waals surface area (Å²) in [6.45, 7) is 5.74. The number of aromatic nitrogens is 4. The largest absolute Gasteiger partial charge is 0.361 e. The van der Waals surface area contributed by atoms with E-state index in [9.17, 15) is 0 Å². The topological polar surface area (TPSA) is 81.1 Å². The zero-order valence-corrected chi connectivity index (χ0v) is 14.5. The van der Waals surface area contributed by atoms with Crippen molar-refractivity contribution < 1.29 is 9.05 Å². The van der Waals surface area contributed by atoms with Gasteiger partial charge in [-0.15, -0.1) is 0 Å². The van der Waals surface area contributed by atoms with Crippen LogP contribution in [0.2, 0.25) is 0 Å². The highest BCUT2D eigenvalue weighted by Gasteiger charge is 2.30. The standard InChI is InChI=1S/C18H21N5O2/c1-12-15(13(2)24-21-12)11-23-10-4-3-5-16(23)18-20-17(22-25-18)14-6-8-19-9-7-14/h6-9,16H,3-5,10-11H2,1-2H3/t16-/m1/s1. The maximum atomic E-state index is 5.61. The van der Waals surface area contributed by atoms with Gasteiger partial charge in [0.25, 0.3) is 0 Å². The molecule has 130 valence electrons. The number of hydrogen-bond acceptors (Lipinski definition) is 7. The van der Waals surface area contributed by atoms with E-state index in [1.807, 2.05) is 26.0 Å². The minimum Gasteiger partial charge on any atom is -0.361 e. The molecule has 0 aliphatic carbocycles. The molecule has 1 atom stereocenters. The van der Waals surface area contributed by atoms with Crippen molar-refractivity contribution in [1.82, 2.24) is 25.2 Å². The molecule has 3 aromatic heterocycles. The molecule has 0 N–H and O–H groups in total. The molecule has 4 heterocycles. The third-order valence-electron chi connectivity index (χ3n) is 4.82. The first kappa shape index (κ1) is 16.0. The highest BCUT2D eigenvalue weighted by atomic mass is 16.5. The van der Waals surface area contributed by atoms with Crippen molar-refractivity contribution in [3.8, 4) is 11.4 Å². The molecule has 0 amide bonds. The van der Waals surface area contributed by atoms with Crippen LogP contribution in [0.15, 0.2) is 33.6 Å². The fourth-order valence-corrected chi connectivity index (χ4v) is 3.38. The fraction of sp³-hybridized carbons (Fsp3) is 0.444. The van der Waals surface area contributed by atoms with Gasteiger partial charge in [-0.1, -0.05) is 16.7 Å². The molecule has 4 rings (SSSR count). The Kier molecular flexibility index (Phi) is 4.31. The van der Waals surface area contributed by atoms with Crippen LogP contribution >= 0.6 is 0 Å². The Labute approximate surface area is 146 Å². The van der Waals surface area contributed by atoms with Crippen LogP contribution in [-0.4, -0.2) is 31.7 Å². The normalized spacial score (nSPS) is 18.6. The Morgan fingerprint density at radius 3 is 2.72 bits per heavy atom. The zero-order valence-electron chi connectivity index (χ0n) is 14.5. The van der Waals surface area contributed by atoms with E-state index in [2.05, 4.69) is 25.2 Å². The summed E-state index contributed by atoms with van der Waals surface area (Å²) in [6.07, 6.45) is 6.81. The van der Waals surface area contributed by atoms with Gasteiger partial charge in [0.05, 0.1) is 11.7 Å². The Morgan fingerprint density at radius 1 is 1.12 bits per heavy atom. The molecule has 0 aromatic carbocycles. The van der Waals surface area contributed by atoms with Crippen LogP contribution in [-0.2, 0) is 6.54 Å². The summed E-state index contributed by atoms with van der Waals surface area (Å²) in [6, 6.07) is 3.90. The van der Waals surface area contributed by atoms with E-state index >= 15 is 0 Å². The summed E-state index contributed by atoms with van der Waals surface area (Å²) in [4.78, 5) is 11.1. The van der Waals surface area contributed by atoms with Gasteiger partial charge in [-0.25, -0.2) is 0 Å². The number of hydrogen-bond donors (Lipinski definition) is 0. The number of aryl methyl sites for hydroxylation is 2. The second-order valence-electron chi connectivity index (χ2n) is 6.48. The molecule has 1 aliphatic heterocycles. The molecular weight excluding hydrogens is 318 g/mol. The van der Waals surface area contributed by atoms with E-state index in [1.165, 1.54) is 6.42 Å². The SMILES string of the molecule is Cc1noc(C)c1CN1CCCC[C@@H]1c1nc(-c2ccncc2)no1. The predicted molar refractivity (Wildman–Crippen MR) is 90.5 cm³/mol. The lowest BCUT2D eigenvalue weighted by molar-refractivity contribution is 0.111. The maximum Gasteiger partial charge on any atom is 0.244 e. The molecule has 0 saturated carbocycles. The number of nitrogens with zero attached hydrogens (tertiary/aromatic N) is 5. The highest BCUT2D eigenvalue weighted by Crippen LogP contribution is 2.33. The molecular formula is C18H21N5O2. The van der Waals surface area contributed by atoms with Crippen molar-refractivity contribution in [2.24, 2.45) is 0 Å². The van der Waals surface area contributed by atoms with Crippen LogP contribution in [0.1, 0.15) is 48.2 Å². The van der Waals surface area contributed by atoms with Gasteiger partial charge in [-0.3, -0.25) is 9.88 Å². The van der Waals surface area contributed by atoms with E-state index < -0.39 is 0 Å². The second kappa shape index (κ2) is 6.76. The molecule has 0 bridgehead atoms. The summed E-state index contributed by atoms with van der Waals surface area (Å²) in [5.41, 5.74) is 3.02. The van der Waals surface area contributed by atoms with Crippen molar-refractivity contribution in [3.63, 3.8) is 0 Å². The van der Waals surface area contributed by atoms with Gasteiger partial charge in [0.1, 0.15) is 5.76 Å². The van der Waals surface area contributed by atoms with Crippen molar-refractivity contribution in [1.29, 1.82) is 0 Å². The molecule has 0 spiro atoms. The number of rotatable bonds is 4. The molecule has 1 saturated heterocycles. The van der Waals surface area contributed by atoms with Gasteiger partial charge in [-0.05, 0) is 45.4 Å². The molecule has 7 heteroatoms. The lowest BCUT2D eigenvalue weighted by Crippen LogP contribution is -2.33. The molecule has 0 unspecified atom stereocenters. The molecule has 25 heavy (non-hydrogen) atoms. The highest BCUT2D eigenvalue weighted by molar-refractivity contribution is 5.52. The van der Waals surface area contributed by atoms with E-state index in [-0.39, 0.29) is 6.04 Å². The first-order valence-corrected chi connectivity index (χ1v) is 8.62.